The van der Waals surface area contributed by atoms with E-state index in [4.69, 9.17) is 5.11 Å². The molecule has 2 N–H and O–H groups in total. The van der Waals surface area contributed by atoms with Gasteiger partial charge in [0.25, 0.3) is 0 Å². The molecule has 2 rings (SSSR count). The summed E-state index contributed by atoms with van der Waals surface area (Å²) in [5, 5.41) is 19.3. The maximum atomic E-state index is 11.6. The number of carboxylic acids is 1. The first-order valence-corrected chi connectivity index (χ1v) is 6.15. The van der Waals surface area contributed by atoms with Crippen LogP contribution in [0.3, 0.4) is 0 Å². The van der Waals surface area contributed by atoms with Gasteiger partial charge < -0.3 is 10.4 Å². The first-order chi connectivity index (χ1) is 9.65. The number of aromatic carboxylic acids is 1. The number of hydrogen-bond acceptors (Lipinski definition) is 4. The van der Waals surface area contributed by atoms with E-state index in [0.29, 0.717) is 6.54 Å². The van der Waals surface area contributed by atoms with Gasteiger partial charge in [-0.2, -0.15) is 10.2 Å². The molecule has 0 spiro atoms. The van der Waals surface area contributed by atoms with E-state index >= 15 is 0 Å². The first kappa shape index (κ1) is 13.8. The predicted molar refractivity (Wildman–Crippen MR) is 69.0 cm³/mol. The van der Waals surface area contributed by atoms with E-state index in [2.05, 4.69) is 15.5 Å². The second-order valence-corrected chi connectivity index (χ2v) is 4.20. The molecule has 0 aliphatic carbocycles. The molecular formula is C12H15N5O3. The van der Waals surface area contributed by atoms with Gasteiger partial charge in [-0.1, -0.05) is 0 Å². The van der Waals surface area contributed by atoms with Gasteiger partial charge in [0, 0.05) is 31.7 Å². The smallest absolute Gasteiger partial charge is 0.338 e. The van der Waals surface area contributed by atoms with Crippen LogP contribution in [-0.2, 0) is 17.9 Å². The number of aryl methyl sites for hydroxylation is 1. The van der Waals surface area contributed by atoms with Gasteiger partial charge in [-0.25, -0.2) is 4.79 Å². The molecule has 2 aromatic rings. The average Bonchev–Trinajstić information content (AvgIpc) is 3.05. The van der Waals surface area contributed by atoms with Crippen LogP contribution in [0.15, 0.2) is 30.9 Å². The fourth-order valence-corrected chi connectivity index (χ4v) is 1.67. The van der Waals surface area contributed by atoms with Crippen molar-refractivity contribution < 1.29 is 14.7 Å². The van der Waals surface area contributed by atoms with E-state index in [1.165, 1.54) is 17.1 Å². The average molecular weight is 277 g/mol. The highest BCUT2D eigenvalue weighted by Crippen LogP contribution is 1.97. The Hall–Kier alpha value is -2.64. The van der Waals surface area contributed by atoms with Crippen molar-refractivity contribution in [2.45, 2.75) is 19.5 Å². The van der Waals surface area contributed by atoms with Crippen LogP contribution in [0.1, 0.15) is 16.8 Å². The lowest BCUT2D eigenvalue weighted by Crippen LogP contribution is -2.29. The standard InChI is InChI=1S/C12H15N5O3/c18-11(9-17-8-10(7-15-17)12(19)20)13-3-1-5-16-6-2-4-14-16/h2,4,6-8H,1,3,5,9H2,(H,13,18)(H,19,20). The number of carboxylic acid groups (broad SMARTS) is 1. The zero-order valence-electron chi connectivity index (χ0n) is 10.8. The van der Waals surface area contributed by atoms with Crippen molar-refractivity contribution in [3.8, 4) is 0 Å². The molecule has 8 heteroatoms. The van der Waals surface area contributed by atoms with Gasteiger partial charge in [0.15, 0.2) is 0 Å². The molecular weight excluding hydrogens is 262 g/mol. The third kappa shape index (κ3) is 3.94. The molecule has 0 radical (unpaired) electrons. The van der Waals surface area contributed by atoms with Crippen molar-refractivity contribution in [3.63, 3.8) is 0 Å². The number of rotatable bonds is 7. The number of nitrogens with zero attached hydrogens (tertiary/aromatic N) is 4. The van der Waals surface area contributed by atoms with Crippen LogP contribution in [0.4, 0.5) is 0 Å². The molecule has 0 aliphatic heterocycles. The minimum absolute atomic E-state index is 0.00898. The fourth-order valence-electron chi connectivity index (χ4n) is 1.67. The maximum absolute atomic E-state index is 11.6. The Morgan fingerprint density at radius 3 is 2.80 bits per heavy atom. The molecule has 0 atom stereocenters. The van der Waals surface area contributed by atoms with Gasteiger partial charge in [-0.05, 0) is 12.5 Å². The summed E-state index contributed by atoms with van der Waals surface area (Å²) < 4.78 is 3.09. The van der Waals surface area contributed by atoms with E-state index in [-0.39, 0.29) is 18.0 Å². The van der Waals surface area contributed by atoms with Crippen molar-refractivity contribution in [1.29, 1.82) is 0 Å². The summed E-state index contributed by atoms with van der Waals surface area (Å²) in [5.41, 5.74) is 0.0662. The van der Waals surface area contributed by atoms with Crippen LogP contribution in [0, 0.1) is 0 Å². The molecule has 0 unspecified atom stereocenters. The van der Waals surface area contributed by atoms with Crippen LogP contribution in [-0.4, -0.2) is 43.1 Å². The zero-order chi connectivity index (χ0) is 14.4. The van der Waals surface area contributed by atoms with Crippen molar-refractivity contribution >= 4 is 11.9 Å². The minimum atomic E-state index is -1.06. The number of hydrogen-bond donors (Lipinski definition) is 2. The molecule has 2 aromatic heterocycles. The van der Waals surface area contributed by atoms with E-state index in [1.807, 2.05) is 12.3 Å². The number of carbonyl (C=O) groups is 2. The Kier molecular flexibility index (Phi) is 4.48. The summed E-state index contributed by atoms with van der Waals surface area (Å²) in [7, 11) is 0. The number of nitrogens with one attached hydrogen (secondary N) is 1. The molecule has 2 heterocycles. The lowest BCUT2D eigenvalue weighted by Gasteiger charge is -2.05. The highest BCUT2D eigenvalue weighted by Gasteiger charge is 2.08. The predicted octanol–water partition coefficient (Wildman–Crippen LogP) is -0.0157. The topological polar surface area (TPSA) is 102 Å². The number of aromatic nitrogens is 4. The van der Waals surface area contributed by atoms with Gasteiger partial charge in [0.1, 0.15) is 6.54 Å². The first-order valence-electron chi connectivity index (χ1n) is 6.15. The highest BCUT2D eigenvalue weighted by atomic mass is 16.4. The van der Waals surface area contributed by atoms with Crippen LogP contribution in [0.25, 0.3) is 0 Å². The van der Waals surface area contributed by atoms with Crippen LogP contribution in [0.5, 0.6) is 0 Å². The molecule has 1 amide bonds. The highest BCUT2D eigenvalue weighted by molar-refractivity contribution is 5.87. The zero-order valence-corrected chi connectivity index (χ0v) is 10.8. The largest absolute Gasteiger partial charge is 0.478 e. The molecule has 0 saturated heterocycles. The van der Waals surface area contributed by atoms with Crippen LogP contribution in [0.2, 0.25) is 0 Å². The van der Waals surface area contributed by atoms with Crippen molar-refractivity contribution in [1.82, 2.24) is 24.9 Å². The lowest BCUT2D eigenvalue weighted by molar-refractivity contribution is -0.121. The Balaban J connectivity index is 1.68. The minimum Gasteiger partial charge on any atom is -0.478 e. The Bertz CT molecular complexity index is 576. The van der Waals surface area contributed by atoms with E-state index in [0.717, 1.165) is 13.0 Å². The lowest BCUT2D eigenvalue weighted by atomic mass is 10.4. The third-order valence-electron chi connectivity index (χ3n) is 2.63. The summed E-state index contributed by atoms with van der Waals surface area (Å²) in [6.07, 6.45) is 6.88. The van der Waals surface area contributed by atoms with Gasteiger partial charge in [-0.15, -0.1) is 0 Å². The molecule has 0 aliphatic rings. The van der Waals surface area contributed by atoms with Crippen LogP contribution < -0.4 is 5.32 Å². The van der Waals surface area contributed by atoms with Crippen molar-refractivity contribution in [2.75, 3.05) is 6.54 Å². The van der Waals surface area contributed by atoms with Gasteiger partial charge in [0.2, 0.25) is 5.91 Å². The molecule has 0 fully saturated rings. The molecule has 8 nitrogen and oxygen atoms in total. The SMILES string of the molecule is O=C(Cn1cc(C(=O)O)cn1)NCCCn1cccn1. The summed E-state index contributed by atoms with van der Waals surface area (Å²) in [6.45, 7) is 1.28. The van der Waals surface area contributed by atoms with E-state index < -0.39 is 5.97 Å². The monoisotopic (exact) mass is 277 g/mol. The van der Waals surface area contributed by atoms with Gasteiger partial charge in [0.05, 0.1) is 11.8 Å². The van der Waals surface area contributed by atoms with Crippen molar-refractivity contribution in [2.24, 2.45) is 0 Å². The molecule has 0 aromatic carbocycles. The molecule has 0 saturated carbocycles. The van der Waals surface area contributed by atoms with Crippen molar-refractivity contribution in [3.05, 3.63) is 36.4 Å². The second kappa shape index (κ2) is 6.50. The summed E-state index contributed by atoms with van der Waals surface area (Å²) in [5.74, 6) is -1.26. The molecule has 0 bridgehead atoms. The van der Waals surface area contributed by atoms with Crippen LogP contribution >= 0.6 is 0 Å². The Morgan fingerprint density at radius 1 is 1.30 bits per heavy atom. The normalized spacial score (nSPS) is 10.4. The Labute approximate surface area is 115 Å². The fraction of sp³-hybridized carbons (Fsp3) is 0.333. The molecule has 20 heavy (non-hydrogen) atoms. The quantitative estimate of drug-likeness (QED) is 0.693. The van der Waals surface area contributed by atoms with E-state index in [9.17, 15) is 9.59 Å². The third-order valence-corrected chi connectivity index (χ3v) is 2.63. The number of carbonyl (C=O) groups excluding carboxylic acids is 1. The van der Waals surface area contributed by atoms with E-state index in [1.54, 1.807) is 10.9 Å². The maximum Gasteiger partial charge on any atom is 0.338 e. The summed E-state index contributed by atoms with van der Waals surface area (Å²) in [4.78, 5) is 22.3. The molecule has 106 valence electrons. The van der Waals surface area contributed by atoms with Gasteiger partial charge >= 0.3 is 5.97 Å². The Morgan fingerprint density at radius 2 is 2.15 bits per heavy atom. The summed E-state index contributed by atoms with van der Waals surface area (Å²) >= 11 is 0. The van der Waals surface area contributed by atoms with Gasteiger partial charge in [-0.3, -0.25) is 14.2 Å². The second-order valence-electron chi connectivity index (χ2n) is 4.20. The number of amides is 1. The summed E-state index contributed by atoms with van der Waals surface area (Å²) in [6, 6.07) is 1.84.